The quantitative estimate of drug-likeness (QED) is 0.793. The number of fused-ring (bicyclic) bond motifs is 1. The monoisotopic (exact) mass is 263 g/mol. The van der Waals surface area contributed by atoms with Crippen LogP contribution in [-0.2, 0) is 7.05 Å². The summed E-state index contributed by atoms with van der Waals surface area (Å²) in [7, 11) is 1.93. The van der Waals surface area contributed by atoms with Crippen LogP contribution in [0.5, 0.6) is 0 Å². The van der Waals surface area contributed by atoms with Gasteiger partial charge in [-0.1, -0.05) is 0 Å². The molecule has 3 heterocycles. The fourth-order valence-corrected chi connectivity index (χ4v) is 3.65. The highest BCUT2D eigenvalue weighted by Gasteiger charge is 2.21. The average molecular weight is 263 g/mol. The molecule has 0 bridgehead atoms. The first kappa shape index (κ1) is 11.7. The Bertz CT molecular complexity index is 558. The molecule has 0 unspecified atom stereocenters. The van der Waals surface area contributed by atoms with Crippen molar-refractivity contribution in [1.29, 1.82) is 0 Å². The van der Waals surface area contributed by atoms with E-state index in [2.05, 4.69) is 5.10 Å². The average Bonchev–Trinajstić information content (AvgIpc) is 2.93. The van der Waals surface area contributed by atoms with Gasteiger partial charge in [-0.05, 0) is 32.3 Å². The fraction of sp³-hybridized carbons (Fsp3) is 0.538. The number of piperidine rings is 1. The Kier molecular flexibility index (Phi) is 2.86. The van der Waals surface area contributed by atoms with E-state index in [0.717, 1.165) is 46.7 Å². The number of hydrogen-bond donors (Lipinski definition) is 0. The van der Waals surface area contributed by atoms with Gasteiger partial charge in [0, 0.05) is 25.5 Å². The Morgan fingerprint density at radius 2 is 2.06 bits per heavy atom. The molecule has 1 aliphatic heterocycles. The van der Waals surface area contributed by atoms with Crippen LogP contribution in [-0.4, -0.2) is 33.7 Å². The zero-order chi connectivity index (χ0) is 12.7. The minimum absolute atomic E-state index is 0.190. The van der Waals surface area contributed by atoms with E-state index in [1.807, 2.05) is 29.6 Å². The van der Waals surface area contributed by atoms with Crippen molar-refractivity contribution in [3.05, 3.63) is 16.6 Å². The molecule has 0 spiro atoms. The van der Waals surface area contributed by atoms with Crippen molar-refractivity contribution >= 4 is 27.5 Å². The molecule has 2 aromatic rings. The van der Waals surface area contributed by atoms with Crippen molar-refractivity contribution in [2.75, 3.05) is 13.1 Å². The molecule has 4 nitrogen and oxygen atoms in total. The van der Waals surface area contributed by atoms with Gasteiger partial charge >= 0.3 is 0 Å². The molecule has 96 valence electrons. The maximum absolute atomic E-state index is 12.4. The highest BCUT2D eigenvalue weighted by atomic mass is 32.1. The van der Waals surface area contributed by atoms with E-state index in [4.69, 9.17) is 0 Å². The third kappa shape index (κ3) is 1.82. The minimum Gasteiger partial charge on any atom is -0.338 e. The van der Waals surface area contributed by atoms with Gasteiger partial charge in [-0.25, -0.2) is 0 Å². The lowest BCUT2D eigenvalue weighted by Gasteiger charge is -2.26. The number of amides is 1. The normalized spacial score (nSPS) is 16.4. The van der Waals surface area contributed by atoms with E-state index in [9.17, 15) is 4.79 Å². The van der Waals surface area contributed by atoms with Crippen molar-refractivity contribution in [3.63, 3.8) is 0 Å². The summed E-state index contributed by atoms with van der Waals surface area (Å²) in [6, 6.07) is 2.00. The van der Waals surface area contributed by atoms with Gasteiger partial charge in [0.1, 0.15) is 4.83 Å². The van der Waals surface area contributed by atoms with E-state index in [0.29, 0.717) is 0 Å². The van der Waals surface area contributed by atoms with Gasteiger partial charge < -0.3 is 4.90 Å². The number of aryl methyl sites for hydroxylation is 2. The summed E-state index contributed by atoms with van der Waals surface area (Å²) in [5.74, 6) is 0.190. The van der Waals surface area contributed by atoms with E-state index < -0.39 is 0 Å². The Morgan fingerprint density at radius 1 is 1.33 bits per heavy atom. The summed E-state index contributed by atoms with van der Waals surface area (Å²) < 4.78 is 1.86. The predicted molar refractivity (Wildman–Crippen MR) is 73.1 cm³/mol. The second-order valence-corrected chi connectivity index (χ2v) is 5.92. The third-order valence-corrected chi connectivity index (χ3v) is 4.74. The number of hydrogen-bond acceptors (Lipinski definition) is 3. The molecule has 0 atom stereocenters. The number of thiophene rings is 1. The first-order chi connectivity index (χ1) is 8.66. The molecule has 1 fully saturated rings. The van der Waals surface area contributed by atoms with E-state index in [-0.39, 0.29) is 5.91 Å². The van der Waals surface area contributed by atoms with Gasteiger partial charge in [-0.3, -0.25) is 9.48 Å². The van der Waals surface area contributed by atoms with Crippen LogP contribution in [0, 0.1) is 6.92 Å². The van der Waals surface area contributed by atoms with Gasteiger partial charge in [0.05, 0.1) is 10.6 Å². The Labute approximate surface area is 110 Å². The van der Waals surface area contributed by atoms with Gasteiger partial charge in [-0.2, -0.15) is 5.10 Å². The van der Waals surface area contributed by atoms with Crippen molar-refractivity contribution < 1.29 is 4.79 Å². The van der Waals surface area contributed by atoms with E-state index >= 15 is 0 Å². The summed E-state index contributed by atoms with van der Waals surface area (Å²) in [6.07, 6.45) is 3.52. The first-order valence-corrected chi connectivity index (χ1v) is 7.21. The lowest BCUT2D eigenvalue weighted by Crippen LogP contribution is -2.35. The second kappa shape index (κ2) is 4.39. The topological polar surface area (TPSA) is 38.1 Å². The van der Waals surface area contributed by atoms with E-state index in [1.165, 1.54) is 6.42 Å². The maximum Gasteiger partial charge on any atom is 0.264 e. The molecule has 0 radical (unpaired) electrons. The fourth-order valence-electron chi connectivity index (χ4n) is 2.56. The molecule has 0 aliphatic carbocycles. The van der Waals surface area contributed by atoms with Crippen LogP contribution in [0.2, 0.25) is 0 Å². The molecule has 0 N–H and O–H groups in total. The largest absolute Gasteiger partial charge is 0.338 e. The van der Waals surface area contributed by atoms with Crippen molar-refractivity contribution in [1.82, 2.24) is 14.7 Å². The van der Waals surface area contributed by atoms with Crippen LogP contribution in [0.25, 0.3) is 10.2 Å². The molecular formula is C13H17N3OS. The maximum atomic E-state index is 12.4. The first-order valence-electron chi connectivity index (χ1n) is 6.39. The summed E-state index contributed by atoms with van der Waals surface area (Å²) in [4.78, 5) is 16.3. The van der Waals surface area contributed by atoms with Crippen LogP contribution in [0.1, 0.15) is 34.6 Å². The summed E-state index contributed by atoms with van der Waals surface area (Å²) in [5, 5.41) is 5.48. The van der Waals surface area contributed by atoms with Crippen molar-refractivity contribution in [3.8, 4) is 0 Å². The molecule has 1 amide bonds. The lowest BCUT2D eigenvalue weighted by molar-refractivity contribution is 0.0729. The zero-order valence-electron chi connectivity index (χ0n) is 10.8. The second-order valence-electron chi connectivity index (χ2n) is 4.89. The number of likely N-dealkylation sites (tertiary alicyclic amines) is 1. The lowest BCUT2D eigenvalue weighted by atomic mass is 10.1. The summed E-state index contributed by atoms with van der Waals surface area (Å²) in [5.41, 5.74) is 1.00. The van der Waals surface area contributed by atoms with Gasteiger partial charge in [-0.15, -0.1) is 11.3 Å². The van der Waals surface area contributed by atoms with Crippen molar-refractivity contribution in [2.24, 2.45) is 7.05 Å². The SMILES string of the molecule is Cc1nn(C)c2sc(C(=O)N3CCCCC3)cc12. The van der Waals surface area contributed by atoms with Crippen LogP contribution >= 0.6 is 11.3 Å². The van der Waals surface area contributed by atoms with Gasteiger partial charge in [0.25, 0.3) is 5.91 Å². The van der Waals surface area contributed by atoms with Gasteiger partial charge in [0.15, 0.2) is 0 Å². The van der Waals surface area contributed by atoms with Crippen molar-refractivity contribution in [2.45, 2.75) is 26.2 Å². The van der Waals surface area contributed by atoms with Crippen LogP contribution < -0.4 is 0 Å². The Morgan fingerprint density at radius 3 is 2.72 bits per heavy atom. The zero-order valence-corrected chi connectivity index (χ0v) is 11.6. The smallest absolute Gasteiger partial charge is 0.264 e. The predicted octanol–water partition coefficient (Wildman–Crippen LogP) is 2.57. The molecule has 0 saturated carbocycles. The molecule has 0 aromatic carbocycles. The van der Waals surface area contributed by atoms with Crippen LogP contribution in [0.4, 0.5) is 0 Å². The number of rotatable bonds is 1. The number of carbonyl (C=O) groups excluding carboxylic acids is 1. The minimum atomic E-state index is 0.190. The standard InChI is InChI=1S/C13H17N3OS/c1-9-10-8-11(18-13(10)15(2)14-9)12(17)16-6-4-3-5-7-16/h8H,3-7H2,1-2H3. The molecule has 1 saturated heterocycles. The molecule has 2 aromatic heterocycles. The Balaban J connectivity index is 1.93. The molecular weight excluding hydrogens is 246 g/mol. The number of carbonyl (C=O) groups is 1. The highest BCUT2D eigenvalue weighted by molar-refractivity contribution is 7.20. The molecule has 1 aliphatic rings. The van der Waals surface area contributed by atoms with Crippen LogP contribution in [0.15, 0.2) is 6.07 Å². The van der Waals surface area contributed by atoms with Gasteiger partial charge in [0.2, 0.25) is 0 Å². The van der Waals surface area contributed by atoms with E-state index in [1.54, 1.807) is 11.3 Å². The molecule has 18 heavy (non-hydrogen) atoms. The number of aromatic nitrogens is 2. The third-order valence-electron chi connectivity index (χ3n) is 3.55. The summed E-state index contributed by atoms with van der Waals surface area (Å²) in [6.45, 7) is 3.80. The van der Waals surface area contributed by atoms with Crippen LogP contribution in [0.3, 0.4) is 0 Å². The summed E-state index contributed by atoms with van der Waals surface area (Å²) >= 11 is 1.56. The highest BCUT2D eigenvalue weighted by Crippen LogP contribution is 2.29. The number of nitrogens with zero attached hydrogens (tertiary/aromatic N) is 3. The Hall–Kier alpha value is -1.36. The molecule has 5 heteroatoms. The molecule has 3 rings (SSSR count).